The molecule has 2 aromatic heterocycles. The van der Waals surface area contributed by atoms with Crippen molar-refractivity contribution >= 4 is 39.1 Å². The number of nitrogens with zero attached hydrogens (tertiary/aromatic N) is 3. The third kappa shape index (κ3) is 3.55. The van der Waals surface area contributed by atoms with Crippen LogP contribution in [0.2, 0.25) is 0 Å². The molecule has 0 amide bonds. The van der Waals surface area contributed by atoms with Crippen LogP contribution in [0.5, 0.6) is 0 Å². The SMILES string of the molecule is O=c1oc2cc([S+]([O-])Nc3ncns3)ccc2n1Cc1cccc2c1CNCC2. The van der Waals surface area contributed by atoms with Crippen molar-refractivity contribution in [3.05, 3.63) is 70.0 Å². The molecule has 0 bridgehead atoms. The third-order valence-electron chi connectivity index (χ3n) is 4.97. The average Bonchev–Trinajstić information content (AvgIpc) is 3.35. The minimum absolute atomic E-state index is 0.405. The van der Waals surface area contributed by atoms with E-state index in [1.807, 2.05) is 12.1 Å². The molecule has 8 nitrogen and oxygen atoms in total. The molecular formula is C19H17N5O3S2. The largest absolute Gasteiger partial charge is 0.588 e. The van der Waals surface area contributed by atoms with Crippen molar-refractivity contribution in [1.82, 2.24) is 19.2 Å². The summed E-state index contributed by atoms with van der Waals surface area (Å²) in [5.41, 5.74) is 4.75. The first-order valence-electron chi connectivity index (χ1n) is 9.08. The molecule has 4 aromatic rings. The van der Waals surface area contributed by atoms with Gasteiger partial charge in [-0.2, -0.15) is 9.10 Å². The van der Waals surface area contributed by atoms with E-state index in [9.17, 15) is 9.35 Å². The van der Waals surface area contributed by atoms with Crippen molar-refractivity contribution in [3.63, 3.8) is 0 Å². The van der Waals surface area contributed by atoms with E-state index >= 15 is 0 Å². The lowest BCUT2D eigenvalue weighted by atomic mass is 9.96. The van der Waals surface area contributed by atoms with Gasteiger partial charge in [-0.25, -0.2) is 9.78 Å². The molecular weight excluding hydrogens is 410 g/mol. The Hall–Kier alpha value is -2.66. The van der Waals surface area contributed by atoms with Crippen molar-refractivity contribution in [2.24, 2.45) is 0 Å². The number of aromatic nitrogens is 3. The maximum Gasteiger partial charge on any atom is 0.420 e. The first kappa shape index (κ1) is 18.4. The molecule has 0 fully saturated rings. The Bertz CT molecular complexity index is 1220. The van der Waals surface area contributed by atoms with Crippen LogP contribution < -0.4 is 15.8 Å². The van der Waals surface area contributed by atoms with Crippen LogP contribution >= 0.6 is 11.5 Å². The summed E-state index contributed by atoms with van der Waals surface area (Å²) in [6.07, 6.45) is 2.38. The Morgan fingerprint density at radius 1 is 1.34 bits per heavy atom. The Balaban J connectivity index is 1.47. The van der Waals surface area contributed by atoms with Gasteiger partial charge >= 0.3 is 5.76 Å². The van der Waals surface area contributed by atoms with Crippen LogP contribution in [-0.4, -0.2) is 25.0 Å². The molecule has 3 heterocycles. The van der Waals surface area contributed by atoms with Crippen LogP contribution in [-0.2, 0) is 30.9 Å². The summed E-state index contributed by atoms with van der Waals surface area (Å²) in [5.74, 6) is -0.429. The molecule has 2 aromatic carbocycles. The zero-order valence-electron chi connectivity index (χ0n) is 15.3. The van der Waals surface area contributed by atoms with E-state index in [2.05, 4.69) is 25.5 Å². The molecule has 148 valence electrons. The van der Waals surface area contributed by atoms with Crippen molar-refractivity contribution < 1.29 is 8.97 Å². The van der Waals surface area contributed by atoms with Crippen LogP contribution in [0, 0.1) is 0 Å². The van der Waals surface area contributed by atoms with Gasteiger partial charge < -0.3 is 14.3 Å². The fourth-order valence-electron chi connectivity index (χ4n) is 3.57. The summed E-state index contributed by atoms with van der Waals surface area (Å²) in [7, 11) is 0. The quantitative estimate of drug-likeness (QED) is 0.470. The maximum atomic E-state index is 12.5. The normalized spacial score (nSPS) is 14.7. The van der Waals surface area contributed by atoms with Crippen LogP contribution in [0.1, 0.15) is 16.7 Å². The summed E-state index contributed by atoms with van der Waals surface area (Å²) in [6.45, 7) is 2.20. The lowest BCUT2D eigenvalue weighted by Gasteiger charge is -2.20. The summed E-state index contributed by atoms with van der Waals surface area (Å²) in [5, 5.41) is 3.85. The molecule has 10 heteroatoms. The second kappa shape index (κ2) is 7.64. The van der Waals surface area contributed by atoms with E-state index in [-0.39, 0.29) is 0 Å². The topological polar surface area (TPSA) is 108 Å². The number of benzene rings is 2. The number of hydrogen-bond acceptors (Lipinski definition) is 8. The fourth-order valence-corrected chi connectivity index (χ4v) is 4.97. The molecule has 0 radical (unpaired) electrons. The van der Waals surface area contributed by atoms with E-state index in [0.29, 0.717) is 27.7 Å². The molecule has 0 spiro atoms. The van der Waals surface area contributed by atoms with E-state index in [4.69, 9.17) is 4.42 Å². The molecule has 1 atom stereocenters. The monoisotopic (exact) mass is 427 g/mol. The molecule has 1 aliphatic rings. The maximum absolute atomic E-state index is 12.5. The third-order valence-corrected chi connectivity index (χ3v) is 6.74. The van der Waals surface area contributed by atoms with E-state index in [1.54, 1.807) is 22.8 Å². The Labute approximate surface area is 173 Å². The number of hydrogen-bond donors (Lipinski definition) is 2. The van der Waals surface area contributed by atoms with Gasteiger partial charge in [0.05, 0.1) is 12.1 Å². The lowest BCUT2D eigenvalue weighted by Crippen LogP contribution is -2.26. The van der Waals surface area contributed by atoms with Gasteiger partial charge in [0.25, 0.3) is 0 Å². The summed E-state index contributed by atoms with van der Waals surface area (Å²) >= 11 is -0.407. The Morgan fingerprint density at radius 3 is 3.14 bits per heavy atom. The predicted octanol–water partition coefficient (Wildman–Crippen LogP) is 2.27. The van der Waals surface area contributed by atoms with E-state index in [0.717, 1.165) is 36.6 Å². The van der Waals surface area contributed by atoms with Gasteiger partial charge in [-0.05, 0) is 41.8 Å². The van der Waals surface area contributed by atoms with Gasteiger partial charge in [0.2, 0.25) is 5.13 Å². The van der Waals surface area contributed by atoms with Crippen LogP contribution in [0.15, 0.2) is 56.8 Å². The zero-order valence-corrected chi connectivity index (χ0v) is 16.9. The van der Waals surface area contributed by atoms with Crippen LogP contribution in [0.25, 0.3) is 11.1 Å². The van der Waals surface area contributed by atoms with E-state index < -0.39 is 17.1 Å². The van der Waals surface area contributed by atoms with Gasteiger partial charge in [0.15, 0.2) is 10.5 Å². The predicted molar refractivity (Wildman–Crippen MR) is 111 cm³/mol. The standard InChI is InChI=1S/C19H17N5O3S2/c25-19-24(10-13-3-1-2-12-6-7-20-9-15(12)13)16-5-4-14(8-17(16)27-19)29(26)23-18-21-11-22-28-18/h1-5,8,11,20H,6-7,9-10H2,(H,21,22,23). The minimum atomic E-state index is -1.53. The minimum Gasteiger partial charge on any atom is -0.588 e. The Morgan fingerprint density at radius 2 is 2.28 bits per heavy atom. The van der Waals surface area contributed by atoms with Crippen LogP contribution in [0.4, 0.5) is 5.13 Å². The van der Waals surface area contributed by atoms with Gasteiger partial charge in [0.1, 0.15) is 17.7 Å². The van der Waals surface area contributed by atoms with Gasteiger partial charge in [-0.1, -0.05) is 18.2 Å². The average molecular weight is 428 g/mol. The first-order chi connectivity index (χ1) is 14.2. The molecule has 0 saturated heterocycles. The summed E-state index contributed by atoms with van der Waals surface area (Å²) in [4.78, 5) is 17.0. The molecule has 1 aliphatic heterocycles. The smallest absolute Gasteiger partial charge is 0.420 e. The lowest BCUT2D eigenvalue weighted by molar-refractivity contribution is 0.515. The van der Waals surface area contributed by atoms with Gasteiger partial charge in [0, 0.05) is 24.1 Å². The highest BCUT2D eigenvalue weighted by atomic mass is 32.2. The second-order valence-corrected chi connectivity index (χ2v) is 8.68. The molecule has 29 heavy (non-hydrogen) atoms. The number of oxazole rings is 1. The van der Waals surface area contributed by atoms with Crippen LogP contribution in [0.3, 0.4) is 0 Å². The van der Waals surface area contributed by atoms with Crippen molar-refractivity contribution in [1.29, 1.82) is 0 Å². The highest BCUT2D eigenvalue weighted by molar-refractivity contribution is 7.93. The second-order valence-electron chi connectivity index (χ2n) is 6.68. The molecule has 5 rings (SSSR count). The Kier molecular flexibility index (Phi) is 4.84. The molecule has 0 aliphatic carbocycles. The zero-order chi connectivity index (χ0) is 19.8. The van der Waals surface area contributed by atoms with Crippen molar-refractivity contribution in [2.45, 2.75) is 24.4 Å². The van der Waals surface area contributed by atoms with Crippen molar-refractivity contribution in [2.75, 3.05) is 11.3 Å². The number of nitrogens with one attached hydrogen (secondary N) is 2. The number of fused-ring (bicyclic) bond motifs is 2. The molecule has 1 unspecified atom stereocenters. The summed E-state index contributed by atoms with van der Waals surface area (Å²) < 4.78 is 26.2. The molecule has 0 saturated carbocycles. The van der Waals surface area contributed by atoms with Gasteiger partial charge in [-0.15, -0.1) is 0 Å². The first-order valence-corrected chi connectivity index (χ1v) is 11.0. The van der Waals surface area contributed by atoms with E-state index in [1.165, 1.54) is 17.5 Å². The fraction of sp³-hybridized carbons (Fsp3) is 0.211. The number of rotatable bonds is 5. The molecule has 2 N–H and O–H groups in total. The van der Waals surface area contributed by atoms with Crippen molar-refractivity contribution in [3.8, 4) is 0 Å². The number of anilines is 1. The highest BCUT2D eigenvalue weighted by Crippen LogP contribution is 2.24. The highest BCUT2D eigenvalue weighted by Gasteiger charge is 2.19. The van der Waals surface area contributed by atoms with Gasteiger partial charge in [-0.3, -0.25) is 4.57 Å². The summed E-state index contributed by atoms with van der Waals surface area (Å²) in [6, 6.07) is 11.3.